The molecule has 2 aliphatic heterocycles. The number of esters is 1. The number of rotatable bonds is 8. The van der Waals surface area contributed by atoms with Gasteiger partial charge in [-0.1, -0.05) is 67.5 Å². The number of hydrogen-bond donors (Lipinski definition) is 1. The van der Waals surface area contributed by atoms with Crippen LogP contribution in [0.2, 0.25) is 0 Å². The van der Waals surface area contributed by atoms with E-state index in [0.717, 1.165) is 29.1 Å². The molecule has 294 valence electrons. The summed E-state index contributed by atoms with van der Waals surface area (Å²) in [6, 6.07) is 15.9. The lowest BCUT2D eigenvalue weighted by Crippen LogP contribution is -2.47. The Morgan fingerprint density at radius 1 is 0.982 bits per heavy atom. The van der Waals surface area contributed by atoms with E-state index in [2.05, 4.69) is 4.72 Å². The van der Waals surface area contributed by atoms with E-state index in [9.17, 15) is 27.6 Å². The van der Waals surface area contributed by atoms with Gasteiger partial charge in [0.05, 0.1) is 35.5 Å². The van der Waals surface area contributed by atoms with Crippen molar-refractivity contribution in [2.75, 3.05) is 20.6 Å². The molecule has 2 fully saturated rings. The van der Waals surface area contributed by atoms with Crippen LogP contribution in [-0.4, -0.2) is 89.5 Å². The fourth-order valence-electron chi connectivity index (χ4n) is 7.53. The van der Waals surface area contributed by atoms with Crippen LogP contribution in [0.1, 0.15) is 78.6 Å². The third kappa shape index (κ3) is 9.41. The predicted molar refractivity (Wildman–Crippen MR) is 207 cm³/mol. The Kier molecular flexibility index (Phi) is 11.8. The molecule has 13 nitrogen and oxygen atoms in total. The molecule has 55 heavy (non-hydrogen) atoms. The molecule has 6 rings (SSSR count). The molecule has 0 spiro atoms. The maximum atomic E-state index is 14.6. The van der Waals surface area contributed by atoms with Crippen LogP contribution >= 0.6 is 0 Å². The van der Waals surface area contributed by atoms with Gasteiger partial charge in [0.1, 0.15) is 17.4 Å². The Morgan fingerprint density at radius 2 is 1.67 bits per heavy atom. The quantitative estimate of drug-likeness (QED) is 0.232. The smallest absolute Gasteiger partial charge is 0.307 e. The summed E-state index contributed by atoms with van der Waals surface area (Å²) in [4.78, 5) is 67.3. The molecule has 1 N–H and O–H groups in total. The average molecular weight is 774 g/mol. The van der Waals surface area contributed by atoms with E-state index in [1.807, 2.05) is 66.7 Å². The molecular weight excluding hydrogens is 723 g/mol. The number of ketones is 1. The topological polar surface area (TPSA) is 165 Å². The first-order valence-electron chi connectivity index (χ1n) is 19.0. The van der Waals surface area contributed by atoms with E-state index < -0.39 is 51.2 Å². The van der Waals surface area contributed by atoms with Gasteiger partial charge in [0.25, 0.3) is 0 Å². The van der Waals surface area contributed by atoms with Gasteiger partial charge in [-0.3, -0.25) is 19.2 Å². The number of carbonyl (C=O) groups is 4. The maximum absolute atomic E-state index is 14.6. The van der Waals surface area contributed by atoms with Crippen molar-refractivity contribution in [1.82, 2.24) is 23.9 Å². The number of carbonyl (C=O) groups excluding carboxylic acids is 4. The van der Waals surface area contributed by atoms with Gasteiger partial charge in [-0.2, -0.15) is 12.7 Å². The Balaban J connectivity index is 1.35. The second-order valence-electron chi connectivity index (χ2n) is 16.1. The van der Waals surface area contributed by atoms with Crippen molar-refractivity contribution in [3.8, 4) is 17.1 Å². The number of nitrogens with one attached hydrogen (secondary N) is 1. The van der Waals surface area contributed by atoms with Crippen molar-refractivity contribution < 1.29 is 37.1 Å². The summed E-state index contributed by atoms with van der Waals surface area (Å²) in [5.41, 5.74) is 0.532. The minimum atomic E-state index is -4.13. The number of hydrogen-bond acceptors (Lipinski definition) is 10. The van der Waals surface area contributed by atoms with Crippen molar-refractivity contribution in [3.63, 3.8) is 0 Å². The van der Waals surface area contributed by atoms with E-state index in [1.165, 1.54) is 19.0 Å². The van der Waals surface area contributed by atoms with E-state index in [4.69, 9.17) is 19.4 Å². The Bertz CT molecular complexity index is 2070. The highest BCUT2D eigenvalue weighted by Crippen LogP contribution is 2.57. The second-order valence-corrected chi connectivity index (χ2v) is 18.0. The van der Waals surface area contributed by atoms with Crippen LogP contribution in [0.3, 0.4) is 0 Å². The summed E-state index contributed by atoms with van der Waals surface area (Å²) in [5.74, 6) is -2.85. The van der Waals surface area contributed by atoms with Crippen molar-refractivity contribution in [1.29, 1.82) is 0 Å². The lowest BCUT2D eigenvalue weighted by Gasteiger charge is -2.29. The number of Topliss-reactive ketones (excluding diaryl/α,β-unsaturated/α-hetero) is 1. The monoisotopic (exact) mass is 773 g/mol. The highest BCUT2D eigenvalue weighted by Gasteiger charge is 2.61. The molecule has 14 heteroatoms. The minimum Gasteiger partial charge on any atom is -0.471 e. The first-order chi connectivity index (χ1) is 26.1. The van der Waals surface area contributed by atoms with Crippen LogP contribution in [0, 0.1) is 17.3 Å². The number of ether oxygens (including phenoxy) is 2. The Morgan fingerprint density at radius 3 is 2.36 bits per heavy atom. The highest BCUT2D eigenvalue weighted by molar-refractivity contribution is 7.87. The zero-order chi connectivity index (χ0) is 39.5. The van der Waals surface area contributed by atoms with E-state index in [1.54, 1.807) is 20.8 Å². The van der Waals surface area contributed by atoms with E-state index in [0.29, 0.717) is 36.0 Å². The number of benzene rings is 2. The number of amides is 2. The molecule has 3 heterocycles. The minimum absolute atomic E-state index is 0.0281. The number of aromatic nitrogens is 2. The van der Waals surface area contributed by atoms with Crippen LogP contribution in [0.15, 0.2) is 66.7 Å². The summed E-state index contributed by atoms with van der Waals surface area (Å²) in [5, 5.41) is 0. The largest absolute Gasteiger partial charge is 0.471 e. The molecule has 5 atom stereocenters. The molecule has 1 saturated heterocycles. The maximum Gasteiger partial charge on any atom is 0.307 e. The van der Waals surface area contributed by atoms with Crippen LogP contribution in [-0.2, 0) is 34.1 Å². The predicted octanol–water partition coefficient (Wildman–Crippen LogP) is 5.40. The second kappa shape index (κ2) is 16.2. The average Bonchev–Trinajstić information content (AvgIpc) is 3.66. The summed E-state index contributed by atoms with van der Waals surface area (Å²) < 4.78 is 40.8. The fourth-order valence-corrected chi connectivity index (χ4v) is 8.15. The van der Waals surface area contributed by atoms with Gasteiger partial charge >= 0.3 is 16.2 Å². The lowest BCUT2D eigenvalue weighted by atomic mass is 9.90. The fraction of sp³-hybridized carbons (Fsp3) is 0.512. The third-order valence-electron chi connectivity index (χ3n) is 10.5. The van der Waals surface area contributed by atoms with Gasteiger partial charge in [-0.25, -0.2) is 14.7 Å². The van der Waals surface area contributed by atoms with Crippen LogP contribution in [0.25, 0.3) is 22.3 Å². The highest BCUT2D eigenvalue weighted by atomic mass is 32.2. The van der Waals surface area contributed by atoms with Gasteiger partial charge in [0.15, 0.2) is 5.78 Å². The van der Waals surface area contributed by atoms with Gasteiger partial charge < -0.3 is 14.4 Å². The number of para-hydroxylation sites is 2. The lowest BCUT2D eigenvalue weighted by molar-refractivity contribution is -0.159. The SMILES string of the molecule is CN(C)S(=O)(=O)NC(=O)[C@]12CC(=O)[C@@H]3C[C@@H](Oc4nc5ccccc5nc4-c4ccccc4)CN3C(=O)[C@@H](CC(=O)OC(C)(C)C)CCCCC/C=C\[C@@H]1C2. The standard InChI is InChI=1S/C41H51N5O8S/c1-40(2,3)54-35(48)22-28-18-10-7-6-8-13-19-29-24-41(29,39(50)44-55(51,52)45(4)5)25-34(47)33-23-30(26-46(33)38(28)49)53-37-36(27-16-11-9-12-17-27)42-31-20-14-15-21-32(31)43-37/h9,11-17,19-21,28-30,33H,6-8,10,18,22-26H2,1-5H3,(H,44,50)/b19-13-/t28-,29-,30-,33+,41-/m1/s1. The molecule has 3 aliphatic rings. The molecule has 0 unspecified atom stereocenters. The molecule has 2 aromatic carbocycles. The number of nitrogens with zero attached hydrogens (tertiary/aromatic N) is 4. The van der Waals surface area contributed by atoms with E-state index >= 15 is 0 Å². The Hall–Kier alpha value is -4.69. The number of fused-ring (bicyclic) bond motifs is 3. The molecule has 0 bridgehead atoms. The molecule has 1 saturated carbocycles. The van der Waals surface area contributed by atoms with Gasteiger partial charge in [-0.15, -0.1) is 0 Å². The van der Waals surface area contributed by atoms with Crippen LogP contribution < -0.4 is 9.46 Å². The third-order valence-corrected chi connectivity index (χ3v) is 11.9. The molecule has 1 aromatic heterocycles. The first-order valence-corrected chi connectivity index (χ1v) is 20.5. The molecule has 2 amide bonds. The summed E-state index contributed by atoms with van der Waals surface area (Å²) >= 11 is 0. The zero-order valence-electron chi connectivity index (χ0n) is 32.2. The summed E-state index contributed by atoms with van der Waals surface area (Å²) in [6.07, 6.45) is 6.62. The molecule has 1 aliphatic carbocycles. The molecule has 3 aromatic rings. The van der Waals surface area contributed by atoms with Crippen LogP contribution in [0.4, 0.5) is 0 Å². The van der Waals surface area contributed by atoms with E-state index in [-0.39, 0.29) is 49.3 Å². The first kappa shape index (κ1) is 40.0. The number of allylic oxidation sites excluding steroid dienone is 2. The van der Waals surface area contributed by atoms with Crippen molar-refractivity contribution in [2.24, 2.45) is 17.3 Å². The zero-order valence-corrected chi connectivity index (χ0v) is 33.0. The van der Waals surface area contributed by atoms with Crippen molar-refractivity contribution >= 4 is 44.8 Å². The molecular formula is C41H51N5O8S. The van der Waals surface area contributed by atoms with Gasteiger partial charge in [-0.05, 0) is 64.5 Å². The summed E-state index contributed by atoms with van der Waals surface area (Å²) in [7, 11) is -1.49. The van der Waals surface area contributed by atoms with Crippen molar-refractivity contribution in [3.05, 3.63) is 66.7 Å². The molecule has 0 radical (unpaired) electrons. The summed E-state index contributed by atoms with van der Waals surface area (Å²) in [6.45, 7) is 5.34. The van der Waals surface area contributed by atoms with Crippen LogP contribution in [0.5, 0.6) is 5.88 Å². The van der Waals surface area contributed by atoms with Crippen molar-refractivity contribution in [2.45, 2.75) is 96.3 Å². The Labute approximate surface area is 323 Å². The van der Waals surface area contributed by atoms with Gasteiger partial charge in [0.2, 0.25) is 17.7 Å². The van der Waals surface area contributed by atoms with Gasteiger partial charge in [0, 0.05) is 38.4 Å². The normalized spacial score (nSPS) is 25.7.